The van der Waals surface area contributed by atoms with E-state index < -0.39 is 6.04 Å². The standard InChI is InChI=1S/C20H20N4O2S/c1-13-14(2)27-20(22-13)24-19(26)17(11-15-7-4-3-5-8-15)23-18(25)16-9-6-10-21-12-16/h3-10,12,17H,11H2,1-2H3,(H,23,25)(H,22,24,26)/t17-/m0/s1. The number of benzene rings is 1. The lowest BCUT2D eigenvalue weighted by Crippen LogP contribution is -2.45. The van der Waals surface area contributed by atoms with E-state index in [1.54, 1.807) is 18.3 Å². The molecule has 2 amide bonds. The number of hydrogen-bond donors (Lipinski definition) is 2. The van der Waals surface area contributed by atoms with Gasteiger partial charge in [0, 0.05) is 23.7 Å². The molecule has 0 unspecified atom stereocenters. The van der Waals surface area contributed by atoms with Crippen molar-refractivity contribution in [2.24, 2.45) is 0 Å². The predicted molar refractivity (Wildman–Crippen MR) is 106 cm³/mol. The van der Waals surface area contributed by atoms with E-state index in [1.807, 2.05) is 44.2 Å². The van der Waals surface area contributed by atoms with Gasteiger partial charge in [0.25, 0.3) is 5.91 Å². The molecule has 138 valence electrons. The van der Waals surface area contributed by atoms with Crippen molar-refractivity contribution in [2.75, 3.05) is 5.32 Å². The first-order valence-corrected chi connectivity index (χ1v) is 9.34. The van der Waals surface area contributed by atoms with E-state index >= 15 is 0 Å². The molecule has 2 N–H and O–H groups in total. The Labute approximate surface area is 161 Å². The van der Waals surface area contributed by atoms with Gasteiger partial charge >= 0.3 is 0 Å². The van der Waals surface area contributed by atoms with Crippen molar-refractivity contribution in [1.29, 1.82) is 0 Å². The molecule has 27 heavy (non-hydrogen) atoms. The summed E-state index contributed by atoms with van der Waals surface area (Å²) in [5.41, 5.74) is 2.24. The van der Waals surface area contributed by atoms with Gasteiger partial charge in [0.1, 0.15) is 6.04 Å². The lowest BCUT2D eigenvalue weighted by molar-refractivity contribution is -0.118. The molecule has 0 aliphatic heterocycles. The van der Waals surface area contributed by atoms with E-state index in [-0.39, 0.29) is 11.8 Å². The van der Waals surface area contributed by atoms with Crippen molar-refractivity contribution in [2.45, 2.75) is 26.3 Å². The molecule has 0 saturated heterocycles. The molecule has 1 aromatic carbocycles. The molecule has 0 aliphatic carbocycles. The summed E-state index contributed by atoms with van der Waals surface area (Å²) < 4.78 is 0. The highest BCUT2D eigenvalue weighted by Gasteiger charge is 2.23. The molecular formula is C20H20N4O2S. The van der Waals surface area contributed by atoms with E-state index in [0.717, 1.165) is 16.1 Å². The highest BCUT2D eigenvalue weighted by Crippen LogP contribution is 2.21. The van der Waals surface area contributed by atoms with Gasteiger partial charge in [0.05, 0.1) is 11.3 Å². The highest BCUT2D eigenvalue weighted by atomic mass is 32.1. The third-order valence-electron chi connectivity index (χ3n) is 4.09. The third-order valence-corrected chi connectivity index (χ3v) is 5.08. The minimum absolute atomic E-state index is 0.301. The molecule has 7 heteroatoms. The Hall–Kier alpha value is -3.06. The van der Waals surface area contributed by atoms with Crippen LogP contribution in [0.3, 0.4) is 0 Å². The average molecular weight is 380 g/mol. The largest absolute Gasteiger partial charge is 0.340 e. The number of hydrogen-bond acceptors (Lipinski definition) is 5. The second-order valence-electron chi connectivity index (χ2n) is 6.11. The van der Waals surface area contributed by atoms with Crippen molar-refractivity contribution in [3.8, 4) is 0 Å². The minimum Gasteiger partial charge on any atom is -0.340 e. The summed E-state index contributed by atoms with van der Waals surface area (Å²) in [6.45, 7) is 3.85. The molecule has 0 saturated carbocycles. The zero-order chi connectivity index (χ0) is 19.2. The van der Waals surface area contributed by atoms with Gasteiger partial charge < -0.3 is 10.6 Å². The molecule has 0 fully saturated rings. The maximum absolute atomic E-state index is 12.8. The summed E-state index contributed by atoms with van der Waals surface area (Å²) in [7, 11) is 0. The fraction of sp³-hybridized carbons (Fsp3) is 0.200. The van der Waals surface area contributed by atoms with E-state index in [2.05, 4.69) is 20.6 Å². The fourth-order valence-electron chi connectivity index (χ4n) is 2.52. The molecule has 2 aromatic heterocycles. The number of nitrogens with zero attached hydrogens (tertiary/aromatic N) is 2. The van der Waals surface area contributed by atoms with Crippen molar-refractivity contribution in [3.63, 3.8) is 0 Å². The van der Waals surface area contributed by atoms with Gasteiger partial charge in [-0.25, -0.2) is 4.98 Å². The molecule has 0 aliphatic rings. The number of nitrogens with one attached hydrogen (secondary N) is 2. The van der Waals surface area contributed by atoms with Gasteiger partial charge in [0.15, 0.2) is 5.13 Å². The van der Waals surface area contributed by atoms with Crippen LogP contribution in [-0.4, -0.2) is 27.8 Å². The van der Waals surface area contributed by atoms with Gasteiger partial charge in [-0.3, -0.25) is 14.6 Å². The van der Waals surface area contributed by atoms with Gasteiger partial charge in [-0.05, 0) is 31.5 Å². The molecular weight excluding hydrogens is 360 g/mol. The van der Waals surface area contributed by atoms with Gasteiger partial charge in [-0.15, -0.1) is 11.3 Å². The summed E-state index contributed by atoms with van der Waals surface area (Å²) in [4.78, 5) is 34.7. The van der Waals surface area contributed by atoms with E-state index in [9.17, 15) is 9.59 Å². The maximum atomic E-state index is 12.8. The fourth-order valence-corrected chi connectivity index (χ4v) is 3.33. The summed E-state index contributed by atoms with van der Waals surface area (Å²) in [6.07, 6.45) is 3.44. The number of aromatic nitrogens is 2. The maximum Gasteiger partial charge on any atom is 0.253 e. The Balaban J connectivity index is 1.78. The van der Waals surface area contributed by atoms with Crippen LogP contribution in [0.25, 0.3) is 0 Å². The Kier molecular flexibility index (Phi) is 5.93. The SMILES string of the molecule is Cc1nc(NC(=O)[C@H](Cc2ccccc2)NC(=O)c2cccnc2)sc1C. The second kappa shape index (κ2) is 8.55. The molecule has 0 bridgehead atoms. The van der Waals surface area contributed by atoms with E-state index in [4.69, 9.17) is 0 Å². The van der Waals surface area contributed by atoms with Gasteiger partial charge in [-0.2, -0.15) is 0 Å². The van der Waals surface area contributed by atoms with Crippen LogP contribution in [0.5, 0.6) is 0 Å². The Morgan fingerprint density at radius 3 is 2.52 bits per heavy atom. The minimum atomic E-state index is -0.732. The zero-order valence-electron chi connectivity index (χ0n) is 15.1. The molecule has 0 spiro atoms. The number of carbonyl (C=O) groups is 2. The molecule has 3 aromatic rings. The van der Waals surface area contributed by atoms with Crippen LogP contribution >= 0.6 is 11.3 Å². The quantitative estimate of drug-likeness (QED) is 0.688. The first kappa shape index (κ1) is 18.7. The van der Waals surface area contributed by atoms with Crippen molar-refractivity contribution >= 4 is 28.3 Å². The van der Waals surface area contributed by atoms with Crippen LogP contribution in [0.1, 0.15) is 26.5 Å². The van der Waals surface area contributed by atoms with Gasteiger partial charge in [0.2, 0.25) is 5.91 Å². The predicted octanol–water partition coefficient (Wildman–Crippen LogP) is 3.13. The number of carbonyl (C=O) groups excluding carboxylic acids is 2. The lowest BCUT2D eigenvalue weighted by Gasteiger charge is -2.18. The monoisotopic (exact) mass is 380 g/mol. The van der Waals surface area contributed by atoms with Crippen molar-refractivity contribution in [3.05, 3.63) is 76.6 Å². The number of aryl methyl sites for hydroxylation is 2. The topological polar surface area (TPSA) is 84.0 Å². The molecule has 3 rings (SSSR count). The average Bonchev–Trinajstić information content (AvgIpc) is 2.99. The van der Waals surface area contributed by atoms with E-state index in [0.29, 0.717) is 17.1 Å². The lowest BCUT2D eigenvalue weighted by atomic mass is 10.0. The summed E-state index contributed by atoms with van der Waals surface area (Å²) in [6, 6.07) is 12.2. The first-order chi connectivity index (χ1) is 13.0. The zero-order valence-corrected chi connectivity index (χ0v) is 15.9. The van der Waals surface area contributed by atoms with Crippen LogP contribution in [-0.2, 0) is 11.2 Å². The molecule has 0 radical (unpaired) electrons. The number of pyridine rings is 1. The summed E-state index contributed by atoms with van der Waals surface area (Å²) >= 11 is 1.42. The summed E-state index contributed by atoms with van der Waals surface area (Å²) in [5.74, 6) is -0.643. The third kappa shape index (κ3) is 4.98. The Morgan fingerprint density at radius 1 is 1.11 bits per heavy atom. The van der Waals surface area contributed by atoms with Crippen molar-refractivity contribution < 1.29 is 9.59 Å². The highest BCUT2D eigenvalue weighted by molar-refractivity contribution is 7.15. The van der Waals surface area contributed by atoms with Gasteiger partial charge in [-0.1, -0.05) is 30.3 Å². The summed E-state index contributed by atoms with van der Waals surface area (Å²) in [5, 5.41) is 6.16. The molecule has 2 heterocycles. The van der Waals surface area contributed by atoms with Crippen LogP contribution < -0.4 is 10.6 Å². The Morgan fingerprint density at radius 2 is 1.89 bits per heavy atom. The number of anilines is 1. The Bertz CT molecular complexity index is 906. The molecule has 1 atom stereocenters. The van der Waals surface area contributed by atoms with Crippen LogP contribution in [0, 0.1) is 13.8 Å². The number of rotatable bonds is 6. The van der Waals surface area contributed by atoms with E-state index in [1.165, 1.54) is 17.5 Å². The van der Waals surface area contributed by atoms with Crippen LogP contribution in [0.15, 0.2) is 54.9 Å². The normalized spacial score (nSPS) is 11.6. The number of thiazole rings is 1. The van der Waals surface area contributed by atoms with Crippen molar-refractivity contribution in [1.82, 2.24) is 15.3 Å². The smallest absolute Gasteiger partial charge is 0.253 e. The number of amides is 2. The molecule has 6 nitrogen and oxygen atoms in total. The second-order valence-corrected chi connectivity index (χ2v) is 7.31. The van der Waals surface area contributed by atoms with Crippen LogP contribution in [0.2, 0.25) is 0 Å². The first-order valence-electron chi connectivity index (χ1n) is 8.52. The van der Waals surface area contributed by atoms with Crippen LogP contribution in [0.4, 0.5) is 5.13 Å².